The molecule has 1 aromatic carbocycles. The van der Waals surface area contributed by atoms with Crippen LogP contribution < -0.4 is 10.1 Å². The Morgan fingerprint density at radius 3 is 2.92 bits per heavy atom. The van der Waals surface area contributed by atoms with Crippen molar-refractivity contribution in [3.8, 4) is 5.75 Å². The second kappa shape index (κ2) is 9.87. The third kappa shape index (κ3) is 4.62. The summed E-state index contributed by atoms with van der Waals surface area (Å²) in [6.07, 6.45) is 7.56. The fourth-order valence-corrected chi connectivity index (χ4v) is 3.44. The van der Waals surface area contributed by atoms with E-state index < -0.39 is 0 Å². The van der Waals surface area contributed by atoms with Gasteiger partial charge in [0.25, 0.3) is 0 Å². The first-order valence-corrected chi connectivity index (χ1v) is 8.06. The van der Waals surface area contributed by atoms with Gasteiger partial charge in [-0.15, -0.1) is 31.4 Å². The molecule has 0 radical (unpaired) electrons. The number of nitrogens with zero attached hydrogens (tertiary/aromatic N) is 1. The third-order valence-corrected chi connectivity index (χ3v) is 4.80. The lowest BCUT2D eigenvalue weighted by molar-refractivity contribution is 0.285. The first kappa shape index (κ1) is 20.8. The van der Waals surface area contributed by atoms with Crippen LogP contribution >= 0.6 is 24.8 Å². The Morgan fingerprint density at radius 2 is 2.17 bits per heavy atom. The summed E-state index contributed by atoms with van der Waals surface area (Å²) in [5.74, 6) is 2.22. The van der Waals surface area contributed by atoms with Crippen LogP contribution in [0.3, 0.4) is 0 Å². The van der Waals surface area contributed by atoms with Crippen molar-refractivity contribution in [1.29, 1.82) is 0 Å². The van der Waals surface area contributed by atoms with E-state index in [1.807, 2.05) is 18.3 Å². The Labute approximate surface area is 156 Å². The molecule has 1 N–H and O–H groups in total. The van der Waals surface area contributed by atoms with Gasteiger partial charge in [0, 0.05) is 18.1 Å². The molecule has 0 spiro atoms. The first-order valence-electron chi connectivity index (χ1n) is 8.06. The Kier molecular flexibility index (Phi) is 8.54. The molecule has 2 unspecified atom stereocenters. The van der Waals surface area contributed by atoms with Crippen molar-refractivity contribution in [2.75, 3.05) is 20.2 Å². The van der Waals surface area contributed by atoms with Crippen molar-refractivity contribution in [3.05, 3.63) is 48.7 Å². The van der Waals surface area contributed by atoms with Gasteiger partial charge in [-0.05, 0) is 67.5 Å². The minimum absolute atomic E-state index is 0. The van der Waals surface area contributed by atoms with E-state index in [4.69, 9.17) is 4.74 Å². The molecule has 1 saturated heterocycles. The maximum atomic E-state index is 5.36. The van der Waals surface area contributed by atoms with Gasteiger partial charge < -0.3 is 10.1 Å². The molecule has 1 aliphatic heterocycles. The summed E-state index contributed by atoms with van der Waals surface area (Å²) in [5, 5.41) is 4.67. The van der Waals surface area contributed by atoms with Crippen LogP contribution in [0.15, 0.2) is 43.1 Å². The number of nitrogens with one attached hydrogen (secondary N) is 1. The van der Waals surface area contributed by atoms with Gasteiger partial charge >= 0.3 is 0 Å². The average Bonchev–Trinajstić information content (AvgIpc) is 2.59. The number of hydrogen-bond donors (Lipinski definition) is 1. The van der Waals surface area contributed by atoms with Crippen molar-refractivity contribution in [2.24, 2.45) is 11.8 Å². The number of ether oxygens (including phenoxy) is 1. The number of pyridine rings is 1. The van der Waals surface area contributed by atoms with E-state index in [0.717, 1.165) is 36.7 Å². The summed E-state index contributed by atoms with van der Waals surface area (Å²) in [6.45, 7) is 6.19. The quantitative estimate of drug-likeness (QED) is 0.792. The molecule has 2 atom stereocenters. The monoisotopic (exact) mass is 368 g/mol. The topological polar surface area (TPSA) is 34.2 Å². The zero-order chi connectivity index (χ0) is 15.4. The van der Waals surface area contributed by atoms with E-state index in [1.54, 1.807) is 7.11 Å². The Balaban J connectivity index is 0.00000144. The van der Waals surface area contributed by atoms with Gasteiger partial charge in [-0.25, -0.2) is 0 Å². The largest absolute Gasteiger partial charge is 0.497 e. The summed E-state index contributed by atoms with van der Waals surface area (Å²) in [6, 6.07) is 8.26. The molecule has 1 aromatic heterocycles. The minimum atomic E-state index is 0. The van der Waals surface area contributed by atoms with Crippen LogP contribution in [-0.4, -0.2) is 25.2 Å². The molecule has 0 bridgehead atoms. The molecule has 2 aromatic rings. The van der Waals surface area contributed by atoms with Crippen molar-refractivity contribution in [2.45, 2.75) is 19.3 Å². The van der Waals surface area contributed by atoms with Crippen molar-refractivity contribution in [1.82, 2.24) is 10.3 Å². The number of piperidine rings is 1. The Morgan fingerprint density at radius 1 is 1.33 bits per heavy atom. The van der Waals surface area contributed by atoms with Crippen LogP contribution in [0.2, 0.25) is 0 Å². The third-order valence-electron chi connectivity index (χ3n) is 4.80. The molecule has 5 heteroatoms. The molecule has 1 fully saturated rings. The number of halogens is 2. The van der Waals surface area contributed by atoms with Crippen LogP contribution in [0.4, 0.5) is 0 Å². The lowest BCUT2D eigenvalue weighted by Crippen LogP contribution is -2.35. The van der Waals surface area contributed by atoms with Gasteiger partial charge in [0.2, 0.25) is 0 Å². The molecule has 1 aliphatic rings. The molecule has 132 valence electrons. The molecule has 3 rings (SSSR count). The fourth-order valence-electron chi connectivity index (χ4n) is 3.44. The fraction of sp³-hybridized carbons (Fsp3) is 0.421. The second-order valence-corrected chi connectivity index (χ2v) is 6.04. The SMILES string of the molecule is C=CC1CNCCC1CCc1ccnc2ccc(OC)cc12.Cl.Cl. The lowest BCUT2D eigenvalue weighted by Gasteiger charge is -2.30. The molecule has 0 aliphatic carbocycles. The zero-order valence-corrected chi connectivity index (χ0v) is 15.7. The Bertz CT molecular complexity index is 663. The summed E-state index contributed by atoms with van der Waals surface area (Å²) in [7, 11) is 1.71. The van der Waals surface area contributed by atoms with Crippen LogP contribution in [-0.2, 0) is 6.42 Å². The standard InChI is InChI=1S/C19H24N2O.2ClH/c1-3-14-13-20-10-8-15(14)4-5-16-9-11-21-19-7-6-17(22-2)12-18(16)19;;/h3,6-7,9,11-12,14-15,20H,1,4-5,8,10,13H2,2H3;2*1H. The second-order valence-electron chi connectivity index (χ2n) is 6.04. The smallest absolute Gasteiger partial charge is 0.119 e. The molecule has 24 heavy (non-hydrogen) atoms. The molecular formula is C19H26Cl2N2O. The van der Waals surface area contributed by atoms with Crippen LogP contribution in [0.1, 0.15) is 18.4 Å². The number of benzene rings is 1. The molecule has 3 nitrogen and oxygen atoms in total. The Hall–Kier alpha value is -1.29. The number of methoxy groups -OCH3 is 1. The highest BCUT2D eigenvalue weighted by molar-refractivity contribution is 5.85. The van der Waals surface area contributed by atoms with Gasteiger partial charge in [-0.2, -0.15) is 0 Å². The number of aromatic nitrogens is 1. The summed E-state index contributed by atoms with van der Waals surface area (Å²) < 4.78 is 5.36. The average molecular weight is 369 g/mol. The van der Waals surface area contributed by atoms with Crippen molar-refractivity contribution < 1.29 is 4.74 Å². The summed E-state index contributed by atoms with van der Waals surface area (Å²) >= 11 is 0. The van der Waals surface area contributed by atoms with Crippen LogP contribution in [0.5, 0.6) is 5.75 Å². The van der Waals surface area contributed by atoms with E-state index in [0.29, 0.717) is 5.92 Å². The first-order chi connectivity index (χ1) is 10.8. The van der Waals surface area contributed by atoms with Gasteiger partial charge in [0.05, 0.1) is 12.6 Å². The maximum absolute atomic E-state index is 5.36. The summed E-state index contributed by atoms with van der Waals surface area (Å²) in [5.41, 5.74) is 2.41. The molecule has 2 heterocycles. The van der Waals surface area contributed by atoms with Crippen molar-refractivity contribution in [3.63, 3.8) is 0 Å². The minimum Gasteiger partial charge on any atom is -0.497 e. The van der Waals surface area contributed by atoms with E-state index in [1.165, 1.54) is 23.8 Å². The van der Waals surface area contributed by atoms with Gasteiger partial charge in [-0.3, -0.25) is 4.98 Å². The van der Waals surface area contributed by atoms with E-state index in [2.05, 4.69) is 35.1 Å². The number of fused-ring (bicyclic) bond motifs is 1. The number of hydrogen-bond acceptors (Lipinski definition) is 3. The van der Waals surface area contributed by atoms with Crippen LogP contribution in [0, 0.1) is 11.8 Å². The molecule has 0 amide bonds. The highest BCUT2D eigenvalue weighted by Crippen LogP contribution is 2.28. The molecule has 0 saturated carbocycles. The normalized spacial score (nSPS) is 19.9. The van der Waals surface area contributed by atoms with E-state index in [-0.39, 0.29) is 24.8 Å². The highest BCUT2D eigenvalue weighted by atomic mass is 35.5. The number of aryl methyl sites for hydroxylation is 1. The van der Waals surface area contributed by atoms with Gasteiger partial charge in [0.15, 0.2) is 0 Å². The predicted molar refractivity (Wildman–Crippen MR) is 106 cm³/mol. The predicted octanol–water partition coefficient (Wildman–Crippen LogP) is 4.43. The van der Waals surface area contributed by atoms with Gasteiger partial charge in [0.1, 0.15) is 5.75 Å². The van der Waals surface area contributed by atoms with Gasteiger partial charge in [-0.1, -0.05) is 6.08 Å². The maximum Gasteiger partial charge on any atom is 0.119 e. The van der Waals surface area contributed by atoms with E-state index >= 15 is 0 Å². The van der Waals surface area contributed by atoms with Crippen molar-refractivity contribution >= 4 is 35.7 Å². The molecular weight excluding hydrogens is 343 g/mol. The highest BCUT2D eigenvalue weighted by Gasteiger charge is 2.22. The zero-order valence-electron chi connectivity index (χ0n) is 14.0. The lowest BCUT2D eigenvalue weighted by atomic mass is 9.82. The van der Waals surface area contributed by atoms with Crippen LogP contribution in [0.25, 0.3) is 10.9 Å². The number of rotatable bonds is 5. The van der Waals surface area contributed by atoms with E-state index in [9.17, 15) is 0 Å². The summed E-state index contributed by atoms with van der Waals surface area (Å²) in [4.78, 5) is 4.46.